The van der Waals surface area contributed by atoms with Crippen LogP contribution in [-0.2, 0) is 6.54 Å². The van der Waals surface area contributed by atoms with Crippen LogP contribution < -0.4 is 10.5 Å². The average Bonchev–Trinajstić information content (AvgIpc) is 2.55. The SMILES string of the molecule is COc1ccc(CN2CCC(SC)(C(N)=NO)CC2)cc1. The summed E-state index contributed by atoms with van der Waals surface area (Å²) in [5.74, 6) is 1.23. The molecule has 1 aromatic rings. The molecule has 1 aromatic carbocycles. The average molecular weight is 309 g/mol. The third kappa shape index (κ3) is 3.63. The molecule has 1 aliphatic heterocycles. The van der Waals surface area contributed by atoms with E-state index in [-0.39, 0.29) is 4.75 Å². The highest BCUT2D eigenvalue weighted by Crippen LogP contribution is 2.35. The lowest BCUT2D eigenvalue weighted by Gasteiger charge is -2.39. The number of hydrogen-bond acceptors (Lipinski definition) is 5. The summed E-state index contributed by atoms with van der Waals surface area (Å²) in [5.41, 5.74) is 7.14. The van der Waals surface area contributed by atoms with E-state index in [9.17, 15) is 0 Å². The van der Waals surface area contributed by atoms with Crippen LogP contribution in [0.15, 0.2) is 29.4 Å². The van der Waals surface area contributed by atoms with E-state index in [0.717, 1.165) is 38.2 Å². The number of likely N-dealkylation sites (tertiary alicyclic amines) is 1. The molecule has 1 heterocycles. The predicted molar refractivity (Wildman–Crippen MR) is 87.2 cm³/mol. The zero-order valence-corrected chi connectivity index (χ0v) is 13.4. The third-order valence-corrected chi connectivity index (χ3v) is 5.59. The van der Waals surface area contributed by atoms with Gasteiger partial charge in [0, 0.05) is 19.6 Å². The largest absolute Gasteiger partial charge is 0.497 e. The number of hydrogen-bond donors (Lipinski definition) is 2. The summed E-state index contributed by atoms with van der Waals surface area (Å²) in [6.07, 6.45) is 3.83. The Balaban J connectivity index is 1.94. The molecule has 0 amide bonds. The first-order valence-corrected chi connectivity index (χ1v) is 8.24. The van der Waals surface area contributed by atoms with Gasteiger partial charge in [0.25, 0.3) is 0 Å². The van der Waals surface area contributed by atoms with E-state index in [4.69, 9.17) is 15.7 Å². The first-order valence-electron chi connectivity index (χ1n) is 7.02. The Morgan fingerprint density at radius 1 is 1.38 bits per heavy atom. The van der Waals surface area contributed by atoms with Gasteiger partial charge >= 0.3 is 0 Å². The molecule has 0 saturated carbocycles. The number of amidine groups is 1. The fraction of sp³-hybridized carbons (Fsp3) is 0.533. The van der Waals surface area contributed by atoms with Crippen molar-refractivity contribution in [1.29, 1.82) is 0 Å². The van der Waals surface area contributed by atoms with Crippen molar-refractivity contribution >= 4 is 17.6 Å². The fourth-order valence-electron chi connectivity index (χ4n) is 2.72. The molecule has 21 heavy (non-hydrogen) atoms. The zero-order valence-electron chi connectivity index (χ0n) is 12.6. The second-order valence-corrected chi connectivity index (χ2v) is 6.50. The maximum Gasteiger partial charge on any atom is 0.155 e. The topological polar surface area (TPSA) is 71.1 Å². The second kappa shape index (κ2) is 7.04. The minimum atomic E-state index is -0.217. The Hall–Kier alpha value is -1.40. The van der Waals surface area contributed by atoms with Crippen LogP contribution in [-0.4, -0.2) is 47.1 Å². The Bertz CT molecular complexity index is 482. The lowest BCUT2D eigenvalue weighted by molar-refractivity contribution is 0.209. The van der Waals surface area contributed by atoms with Gasteiger partial charge in [0.2, 0.25) is 0 Å². The van der Waals surface area contributed by atoms with Gasteiger partial charge in [0.1, 0.15) is 5.75 Å². The van der Waals surface area contributed by atoms with Gasteiger partial charge in [-0.15, -0.1) is 0 Å². The van der Waals surface area contributed by atoms with Gasteiger partial charge in [-0.3, -0.25) is 4.90 Å². The Morgan fingerprint density at radius 3 is 2.48 bits per heavy atom. The van der Waals surface area contributed by atoms with Crippen molar-refractivity contribution in [2.24, 2.45) is 10.9 Å². The highest BCUT2D eigenvalue weighted by molar-refractivity contribution is 8.00. The molecule has 1 saturated heterocycles. The highest BCUT2D eigenvalue weighted by Gasteiger charge is 2.38. The summed E-state index contributed by atoms with van der Waals surface area (Å²) in [6.45, 7) is 2.82. The van der Waals surface area contributed by atoms with E-state index in [2.05, 4.69) is 22.2 Å². The van der Waals surface area contributed by atoms with E-state index in [1.165, 1.54) is 5.56 Å². The van der Waals surface area contributed by atoms with Crippen molar-refractivity contribution in [1.82, 2.24) is 4.90 Å². The molecule has 1 aliphatic rings. The van der Waals surface area contributed by atoms with Crippen LogP contribution in [0.25, 0.3) is 0 Å². The van der Waals surface area contributed by atoms with Gasteiger partial charge < -0.3 is 15.7 Å². The standard InChI is InChI=1S/C15H23N3O2S/c1-20-13-5-3-12(4-6-13)11-18-9-7-15(21-2,8-10-18)14(16)17-19/h3-6,19H,7-11H2,1-2H3,(H2,16,17). The number of piperidine rings is 1. The maximum absolute atomic E-state index is 8.96. The fourth-order valence-corrected chi connectivity index (χ4v) is 3.56. The van der Waals surface area contributed by atoms with Gasteiger partial charge in [-0.1, -0.05) is 17.3 Å². The molecular formula is C15H23N3O2S. The van der Waals surface area contributed by atoms with Crippen LogP contribution >= 0.6 is 11.8 Å². The van der Waals surface area contributed by atoms with Gasteiger partial charge in [-0.05, 0) is 36.8 Å². The first-order chi connectivity index (χ1) is 10.1. The van der Waals surface area contributed by atoms with Crippen LogP contribution in [0.5, 0.6) is 5.75 Å². The van der Waals surface area contributed by atoms with Crippen molar-refractivity contribution < 1.29 is 9.94 Å². The van der Waals surface area contributed by atoms with Crippen LogP contribution in [0.3, 0.4) is 0 Å². The summed E-state index contributed by atoms with van der Waals surface area (Å²) in [7, 11) is 1.68. The normalized spacial score (nSPS) is 19.4. The molecule has 6 heteroatoms. The lowest BCUT2D eigenvalue weighted by atomic mass is 9.94. The molecule has 0 bridgehead atoms. The number of benzene rings is 1. The van der Waals surface area contributed by atoms with Crippen LogP contribution in [0.4, 0.5) is 0 Å². The number of nitrogens with zero attached hydrogens (tertiary/aromatic N) is 2. The van der Waals surface area contributed by atoms with E-state index in [1.807, 2.05) is 18.4 Å². The number of nitrogens with two attached hydrogens (primary N) is 1. The van der Waals surface area contributed by atoms with Gasteiger partial charge in [0.05, 0.1) is 11.9 Å². The zero-order chi connectivity index (χ0) is 15.3. The predicted octanol–water partition coefficient (Wildman–Crippen LogP) is 2.14. The van der Waals surface area contributed by atoms with Gasteiger partial charge in [-0.2, -0.15) is 11.8 Å². The van der Waals surface area contributed by atoms with Gasteiger partial charge in [-0.25, -0.2) is 0 Å². The Morgan fingerprint density at radius 2 is 2.00 bits per heavy atom. The molecule has 0 unspecified atom stereocenters. The smallest absolute Gasteiger partial charge is 0.155 e. The monoisotopic (exact) mass is 309 g/mol. The molecule has 2 rings (SSSR count). The molecule has 3 N–H and O–H groups in total. The van der Waals surface area contributed by atoms with Crippen LogP contribution in [0, 0.1) is 0 Å². The molecule has 0 aliphatic carbocycles. The summed E-state index contributed by atoms with van der Waals surface area (Å²) < 4.78 is 4.96. The van der Waals surface area contributed by atoms with Crippen molar-refractivity contribution in [2.45, 2.75) is 24.1 Å². The number of methoxy groups -OCH3 is 1. The van der Waals surface area contributed by atoms with Crippen molar-refractivity contribution in [3.63, 3.8) is 0 Å². The van der Waals surface area contributed by atoms with E-state index in [0.29, 0.717) is 5.84 Å². The number of thioether (sulfide) groups is 1. The van der Waals surface area contributed by atoms with Crippen molar-refractivity contribution in [2.75, 3.05) is 26.5 Å². The molecule has 1 fully saturated rings. The molecule has 0 radical (unpaired) electrons. The molecule has 0 spiro atoms. The van der Waals surface area contributed by atoms with E-state index in [1.54, 1.807) is 18.9 Å². The van der Waals surface area contributed by atoms with E-state index >= 15 is 0 Å². The number of oxime groups is 1. The Labute approximate surface area is 130 Å². The van der Waals surface area contributed by atoms with Crippen molar-refractivity contribution in [3.8, 4) is 5.75 Å². The summed E-state index contributed by atoms with van der Waals surface area (Å²) in [6, 6.07) is 8.17. The maximum atomic E-state index is 8.96. The second-order valence-electron chi connectivity index (χ2n) is 5.31. The minimum Gasteiger partial charge on any atom is -0.497 e. The molecule has 0 aromatic heterocycles. The molecule has 116 valence electrons. The third-order valence-electron chi connectivity index (χ3n) is 4.19. The van der Waals surface area contributed by atoms with E-state index < -0.39 is 0 Å². The first kappa shape index (κ1) is 16.0. The number of rotatable bonds is 5. The summed E-state index contributed by atoms with van der Waals surface area (Å²) in [4.78, 5) is 2.40. The quantitative estimate of drug-likeness (QED) is 0.377. The summed E-state index contributed by atoms with van der Waals surface area (Å²) >= 11 is 1.68. The summed E-state index contributed by atoms with van der Waals surface area (Å²) in [5, 5.41) is 12.2. The minimum absolute atomic E-state index is 0.217. The molecule has 0 atom stereocenters. The molecular weight excluding hydrogens is 286 g/mol. The van der Waals surface area contributed by atoms with Crippen LogP contribution in [0.1, 0.15) is 18.4 Å². The number of ether oxygens (including phenoxy) is 1. The lowest BCUT2D eigenvalue weighted by Crippen LogP contribution is -2.49. The Kier molecular flexibility index (Phi) is 5.36. The molecule has 5 nitrogen and oxygen atoms in total. The van der Waals surface area contributed by atoms with Crippen molar-refractivity contribution in [3.05, 3.63) is 29.8 Å². The van der Waals surface area contributed by atoms with Gasteiger partial charge in [0.15, 0.2) is 5.84 Å². The van der Waals surface area contributed by atoms with Crippen LogP contribution in [0.2, 0.25) is 0 Å². The highest BCUT2D eigenvalue weighted by atomic mass is 32.2.